The van der Waals surface area contributed by atoms with Gasteiger partial charge in [-0.2, -0.15) is 0 Å². The Morgan fingerprint density at radius 2 is 1.65 bits per heavy atom. The summed E-state index contributed by atoms with van der Waals surface area (Å²) in [5.74, 6) is 1.33. The van der Waals surface area contributed by atoms with Crippen molar-refractivity contribution in [3.05, 3.63) is 107 Å². The lowest BCUT2D eigenvalue weighted by Crippen LogP contribution is -2.23. The summed E-state index contributed by atoms with van der Waals surface area (Å²) < 4.78 is 11.5. The summed E-state index contributed by atoms with van der Waals surface area (Å²) in [6.07, 6.45) is 0. The molecule has 1 N–H and O–H groups in total. The van der Waals surface area contributed by atoms with E-state index in [0.717, 1.165) is 22.3 Å². The van der Waals surface area contributed by atoms with Crippen LogP contribution >= 0.6 is 0 Å². The molecule has 4 rings (SSSR count). The van der Waals surface area contributed by atoms with E-state index < -0.39 is 0 Å². The number of nitrogens with one attached hydrogen (secondary N) is 1. The van der Waals surface area contributed by atoms with E-state index in [-0.39, 0.29) is 5.91 Å². The largest absolute Gasteiger partial charge is 0.496 e. The number of amides is 1. The molecule has 0 saturated heterocycles. The van der Waals surface area contributed by atoms with Crippen molar-refractivity contribution in [2.75, 3.05) is 7.11 Å². The molecule has 0 aliphatic rings. The van der Waals surface area contributed by atoms with E-state index in [1.54, 1.807) is 19.2 Å². The lowest BCUT2D eigenvalue weighted by molar-refractivity contribution is 0.0950. The standard InChI is InChI=1S/C27H25NO3/c1-19-7-9-20(10-8-19)17-28-27(29)23-12-14-26(30-2)24(15-23)18-31-25-13-11-21-5-3-4-6-22(21)16-25/h3-16H,17-18H2,1-2H3,(H,28,29). The molecule has 0 radical (unpaired) electrons. The average Bonchev–Trinajstić information content (AvgIpc) is 2.81. The van der Waals surface area contributed by atoms with Gasteiger partial charge in [0.1, 0.15) is 18.1 Å². The van der Waals surface area contributed by atoms with Crippen LogP contribution in [0.3, 0.4) is 0 Å². The molecule has 0 unspecified atom stereocenters. The Morgan fingerprint density at radius 1 is 0.871 bits per heavy atom. The van der Waals surface area contributed by atoms with Crippen LogP contribution in [0.1, 0.15) is 27.0 Å². The molecule has 4 aromatic rings. The Hall–Kier alpha value is -3.79. The van der Waals surface area contributed by atoms with Crippen LogP contribution in [-0.2, 0) is 13.2 Å². The van der Waals surface area contributed by atoms with E-state index in [1.807, 2.05) is 67.6 Å². The Morgan fingerprint density at radius 3 is 2.42 bits per heavy atom. The van der Waals surface area contributed by atoms with Gasteiger partial charge in [0.2, 0.25) is 0 Å². The highest BCUT2D eigenvalue weighted by molar-refractivity contribution is 5.94. The number of ether oxygens (including phenoxy) is 2. The summed E-state index contributed by atoms with van der Waals surface area (Å²) >= 11 is 0. The number of hydrogen-bond donors (Lipinski definition) is 1. The molecule has 0 aliphatic carbocycles. The number of aryl methyl sites for hydroxylation is 1. The van der Waals surface area contributed by atoms with Gasteiger partial charge in [0.25, 0.3) is 5.91 Å². The predicted molar refractivity (Wildman–Crippen MR) is 124 cm³/mol. The fraction of sp³-hybridized carbons (Fsp3) is 0.148. The van der Waals surface area contributed by atoms with E-state index in [0.29, 0.717) is 24.5 Å². The maximum absolute atomic E-state index is 12.7. The van der Waals surface area contributed by atoms with Crippen LogP contribution in [0.15, 0.2) is 84.9 Å². The number of carbonyl (C=O) groups is 1. The van der Waals surface area contributed by atoms with Crippen molar-refractivity contribution in [2.24, 2.45) is 0 Å². The molecular weight excluding hydrogens is 386 g/mol. The molecule has 31 heavy (non-hydrogen) atoms. The summed E-state index contributed by atoms with van der Waals surface area (Å²) in [6, 6.07) is 27.7. The molecule has 0 fully saturated rings. The number of fused-ring (bicyclic) bond motifs is 1. The maximum atomic E-state index is 12.7. The minimum absolute atomic E-state index is 0.129. The minimum atomic E-state index is -0.129. The first kappa shape index (κ1) is 20.5. The van der Waals surface area contributed by atoms with Gasteiger partial charge >= 0.3 is 0 Å². The van der Waals surface area contributed by atoms with Crippen molar-refractivity contribution >= 4 is 16.7 Å². The summed E-state index contributed by atoms with van der Waals surface area (Å²) in [5.41, 5.74) is 3.65. The van der Waals surface area contributed by atoms with Crippen LogP contribution in [-0.4, -0.2) is 13.0 Å². The number of carbonyl (C=O) groups excluding carboxylic acids is 1. The van der Waals surface area contributed by atoms with E-state index in [2.05, 4.69) is 17.4 Å². The molecule has 0 bridgehead atoms. The zero-order valence-corrected chi connectivity index (χ0v) is 17.7. The van der Waals surface area contributed by atoms with Crippen LogP contribution in [0.2, 0.25) is 0 Å². The van der Waals surface area contributed by atoms with Crippen molar-refractivity contribution in [1.82, 2.24) is 5.32 Å². The van der Waals surface area contributed by atoms with Gasteiger partial charge in [-0.1, -0.05) is 60.2 Å². The second-order valence-corrected chi connectivity index (χ2v) is 7.49. The Labute approximate surface area is 182 Å². The van der Waals surface area contributed by atoms with Crippen LogP contribution in [0.4, 0.5) is 0 Å². The van der Waals surface area contributed by atoms with Crippen molar-refractivity contribution in [1.29, 1.82) is 0 Å². The van der Waals surface area contributed by atoms with Crippen LogP contribution in [0, 0.1) is 6.92 Å². The Kier molecular flexibility index (Phi) is 6.18. The summed E-state index contributed by atoms with van der Waals surface area (Å²) in [5, 5.41) is 5.26. The monoisotopic (exact) mass is 411 g/mol. The molecule has 0 aromatic heterocycles. The number of methoxy groups -OCH3 is 1. The fourth-order valence-corrected chi connectivity index (χ4v) is 3.44. The van der Waals surface area contributed by atoms with Crippen LogP contribution in [0.25, 0.3) is 10.8 Å². The molecular formula is C27H25NO3. The topological polar surface area (TPSA) is 47.6 Å². The van der Waals surface area contributed by atoms with Crippen LogP contribution in [0.5, 0.6) is 11.5 Å². The van der Waals surface area contributed by atoms with E-state index in [4.69, 9.17) is 9.47 Å². The van der Waals surface area contributed by atoms with Crippen LogP contribution < -0.4 is 14.8 Å². The first-order valence-electron chi connectivity index (χ1n) is 10.2. The minimum Gasteiger partial charge on any atom is -0.496 e. The molecule has 4 aromatic carbocycles. The highest BCUT2D eigenvalue weighted by Crippen LogP contribution is 2.25. The highest BCUT2D eigenvalue weighted by Gasteiger charge is 2.11. The van der Waals surface area contributed by atoms with Gasteiger partial charge in [0.05, 0.1) is 7.11 Å². The summed E-state index contributed by atoms with van der Waals surface area (Å²) in [7, 11) is 1.62. The molecule has 156 valence electrons. The van der Waals surface area contributed by atoms with Gasteiger partial charge in [-0.3, -0.25) is 4.79 Å². The van der Waals surface area contributed by atoms with Crippen molar-refractivity contribution in [2.45, 2.75) is 20.1 Å². The normalized spacial score (nSPS) is 10.6. The lowest BCUT2D eigenvalue weighted by atomic mass is 10.1. The van der Waals surface area contributed by atoms with Gasteiger partial charge in [-0.15, -0.1) is 0 Å². The van der Waals surface area contributed by atoms with Crippen molar-refractivity contribution in [3.63, 3.8) is 0 Å². The van der Waals surface area contributed by atoms with Crippen molar-refractivity contribution in [3.8, 4) is 11.5 Å². The zero-order valence-electron chi connectivity index (χ0n) is 17.7. The molecule has 0 atom stereocenters. The lowest BCUT2D eigenvalue weighted by Gasteiger charge is -2.13. The first-order chi connectivity index (χ1) is 15.1. The third-order valence-corrected chi connectivity index (χ3v) is 5.23. The quantitative estimate of drug-likeness (QED) is 0.426. The molecule has 4 heteroatoms. The SMILES string of the molecule is COc1ccc(C(=O)NCc2ccc(C)cc2)cc1COc1ccc2ccccc2c1. The second kappa shape index (κ2) is 9.35. The predicted octanol–water partition coefficient (Wildman–Crippen LogP) is 5.67. The molecule has 0 saturated carbocycles. The molecule has 0 aliphatic heterocycles. The summed E-state index contributed by atoms with van der Waals surface area (Å²) in [4.78, 5) is 12.7. The van der Waals surface area contributed by atoms with E-state index >= 15 is 0 Å². The third-order valence-electron chi connectivity index (χ3n) is 5.23. The van der Waals surface area contributed by atoms with Gasteiger partial charge in [0, 0.05) is 17.7 Å². The Balaban J connectivity index is 1.45. The first-order valence-corrected chi connectivity index (χ1v) is 10.2. The fourth-order valence-electron chi connectivity index (χ4n) is 3.44. The third kappa shape index (κ3) is 5.04. The maximum Gasteiger partial charge on any atom is 0.251 e. The highest BCUT2D eigenvalue weighted by atomic mass is 16.5. The smallest absolute Gasteiger partial charge is 0.251 e. The molecule has 0 heterocycles. The van der Waals surface area contributed by atoms with Crippen molar-refractivity contribution < 1.29 is 14.3 Å². The molecule has 1 amide bonds. The second-order valence-electron chi connectivity index (χ2n) is 7.49. The Bertz CT molecular complexity index is 1200. The van der Waals surface area contributed by atoms with E-state index in [9.17, 15) is 4.79 Å². The van der Waals surface area contributed by atoms with Gasteiger partial charge in [-0.05, 0) is 53.6 Å². The van der Waals surface area contributed by atoms with E-state index in [1.165, 1.54) is 10.9 Å². The van der Waals surface area contributed by atoms with Gasteiger partial charge < -0.3 is 14.8 Å². The molecule has 0 spiro atoms. The molecule has 4 nitrogen and oxygen atoms in total. The zero-order chi connectivity index (χ0) is 21.6. The number of benzene rings is 4. The van der Waals surface area contributed by atoms with Gasteiger partial charge in [0.15, 0.2) is 0 Å². The summed E-state index contributed by atoms with van der Waals surface area (Å²) in [6.45, 7) is 2.83. The number of rotatable bonds is 7. The number of hydrogen-bond acceptors (Lipinski definition) is 3. The average molecular weight is 412 g/mol. The van der Waals surface area contributed by atoms with Gasteiger partial charge in [-0.25, -0.2) is 0 Å².